The van der Waals surface area contributed by atoms with Gasteiger partial charge in [0, 0.05) is 19.8 Å². The Labute approximate surface area is 119 Å². The SMILES string of the molecule is COCC(CCO)NC(=O)/C=C/c1ccc(OC)cc1. The Kier molecular flexibility index (Phi) is 7.39. The molecule has 1 atom stereocenters. The summed E-state index contributed by atoms with van der Waals surface area (Å²) in [5.41, 5.74) is 0.909. The maximum absolute atomic E-state index is 11.7. The van der Waals surface area contributed by atoms with E-state index in [0.29, 0.717) is 13.0 Å². The van der Waals surface area contributed by atoms with E-state index in [1.165, 1.54) is 6.08 Å². The number of amides is 1. The Hall–Kier alpha value is -1.85. The summed E-state index contributed by atoms with van der Waals surface area (Å²) in [4.78, 5) is 11.7. The Morgan fingerprint density at radius 3 is 2.60 bits per heavy atom. The van der Waals surface area contributed by atoms with Crippen LogP contribution >= 0.6 is 0 Å². The smallest absolute Gasteiger partial charge is 0.244 e. The highest BCUT2D eigenvalue weighted by Gasteiger charge is 2.09. The maximum Gasteiger partial charge on any atom is 0.244 e. The zero-order chi connectivity index (χ0) is 14.8. The molecule has 0 saturated carbocycles. The molecule has 1 aromatic rings. The molecule has 0 heterocycles. The van der Waals surface area contributed by atoms with Crippen molar-refractivity contribution >= 4 is 12.0 Å². The molecule has 2 N–H and O–H groups in total. The van der Waals surface area contributed by atoms with Crippen molar-refractivity contribution in [3.8, 4) is 5.75 Å². The number of hydrogen-bond donors (Lipinski definition) is 2. The van der Waals surface area contributed by atoms with Gasteiger partial charge in [-0.05, 0) is 30.2 Å². The lowest BCUT2D eigenvalue weighted by Gasteiger charge is -2.15. The van der Waals surface area contributed by atoms with E-state index >= 15 is 0 Å². The van der Waals surface area contributed by atoms with E-state index in [4.69, 9.17) is 14.6 Å². The number of rotatable bonds is 8. The van der Waals surface area contributed by atoms with Gasteiger partial charge >= 0.3 is 0 Å². The predicted molar refractivity (Wildman–Crippen MR) is 77.5 cm³/mol. The molecule has 1 aromatic carbocycles. The van der Waals surface area contributed by atoms with E-state index in [9.17, 15) is 4.79 Å². The summed E-state index contributed by atoms with van der Waals surface area (Å²) in [7, 11) is 3.17. The molecular weight excluding hydrogens is 258 g/mol. The third-order valence-electron chi connectivity index (χ3n) is 2.73. The molecule has 1 rings (SSSR count). The first-order valence-electron chi connectivity index (χ1n) is 6.42. The van der Waals surface area contributed by atoms with E-state index in [1.54, 1.807) is 20.3 Å². The minimum atomic E-state index is -0.212. The summed E-state index contributed by atoms with van der Waals surface area (Å²) in [6, 6.07) is 7.21. The van der Waals surface area contributed by atoms with E-state index in [1.807, 2.05) is 24.3 Å². The normalized spacial score (nSPS) is 12.3. The highest BCUT2D eigenvalue weighted by Crippen LogP contribution is 2.12. The number of aliphatic hydroxyl groups is 1. The highest BCUT2D eigenvalue weighted by atomic mass is 16.5. The molecule has 0 fully saturated rings. The number of carbonyl (C=O) groups excluding carboxylic acids is 1. The molecule has 110 valence electrons. The van der Waals surface area contributed by atoms with Gasteiger partial charge in [0.2, 0.25) is 5.91 Å². The molecule has 20 heavy (non-hydrogen) atoms. The van der Waals surface area contributed by atoms with Gasteiger partial charge in [0.1, 0.15) is 5.75 Å². The Morgan fingerprint density at radius 2 is 2.05 bits per heavy atom. The molecule has 0 radical (unpaired) electrons. The molecule has 1 unspecified atom stereocenters. The van der Waals surface area contributed by atoms with Crippen LogP contribution in [0.5, 0.6) is 5.75 Å². The van der Waals surface area contributed by atoms with Crippen molar-refractivity contribution in [2.45, 2.75) is 12.5 Å². The van der Waals surface area contributed by atoms with Gasteiger partial charge in [-0.15, -0.1) is 0 Å². The van der Waals surface area contributed by atoms with Gasteiger partial charge in [0.15, 0.2) is 0 Å². The van der Waals surface area contributed by atoms with Crippen molar-refractivity contribution in [1.82, 2.24) is 5.32 Å². The van der Waals surface area contributed by atoms with Gasteiger partial charge in [-0.1, -0.05) is 12.1 Å². The summed E-state index contributed by atoms with van der Waals surface area (Å²) in [6.07, 6.45) is 3.65. The van der Waals surface area contributed by atoms with Gasteiger partial charge in [0.25, 0.3) is 0 Å². The van der Waals surface area contributed by atoms with E-state index in [-0.39, 0.29) is 18.6 Å². The second-order valence-corrected chi connectivity index (χ2v) is 4.28. The highest BCUT2D eigenvalue weighted by molar-refractivity contribution is 5.91. The first kappa shape index (κ1) is 16.2. The fourth-order valence-corrected chi connectivity index (χ4v) is 1.69. The van der Waals surface area contributed by atoms with Crippen LogP contribution in [0.25, 0.3) is 6.08 Å². The molecular formula is C15H21NO4. The number of ether oxygens (including phenoxy) is 2. The van der Waals surface area contributed by atoms with Gasteiger partial charge in [-0.2, -0.15) is 0 Å². The second kappa shape index (κ2) is 9.12. The Balaban J connectivity index is 2.52. The average molecular weight is 279 g/mol. The minimum absolute atomic E-state index is 0.0104. The van der Waals surface area contributed by atoms with Crippen molar-refractivity contribution in [2.75, 3.05) is 27.4 Å². The van der Waals surface area contributed by atoms with Crippen LogP contribution in [0.15, 0.2) is 30.3 Å². The standard InChI is InChI=1S/C15H21NO4/c1-19-11-13(9-10-17)16-15(18)8-5-12-3-6-14(20-2)7-4-12/h3-8,13,17H,9-11H2,1-2H3,(H,16,18)/b8-5+. The molecule has 0 aromatic heterocycles. The number of aliphatic hydroxyl groups excluding tert-OH is 1. The van der Waals surface area contributed by atoms with Gasteiger partial charge in [0.05, 0.1) is 19.8 Å². The Bertz CT molecular complexity index is 422. The van der Waals surface area contributed by atoms with Crippen LogP contribution in [0.1, 0.15) is 12.0 Å². The molecule has 1 amide bonds. The van der Waals surface area contributed by atoms with Crippen molar-refractivity contribution in [1.29, 1.82) is 0 Å². The van der Waals surface area contributed by atoms with E-state index < -0.39 is 0 Å². The lowest BCUT2D eigenvalue weighted by molar-refractivity contribution is -0.117. The minimum Gasteiger partial charge on any atom is -0.497 e. The number of carbonyl (C=O) groups is 1. The summed E-state index contributed by atoms with van der Waals surface area (Å²) < 4.78 is 10.0. The number of benzene rings is 1. The quantitative estimate of drug-likeness (QED) is 0.702. The van der Waals surface area contributed by atoms with Crippen molar-refractivity contribution < 1.29 is 19.4 Å². The summed E-state index contributed by atoms with van der Waals surface area (Å²) in [6.45, 7) is 0.388. The number of nitrogens with one attached hydrogen (secondary N) is 1. The van der Waals surface area contributed by atoms with Crippen LogP contribution in [-0.2, 0) is 9.53 Å². The Morgan fingerprint density at radius 1 is 1.35 bits per heavy atom. The predicted octanol–water partition coefficient (Wildman–Crippen LogP) is 1.22. The largest absolute Gasteiger partial charge is 0.497 e. The first-order valence-corrected chi connectivity index (χ1v) is 6.42. The topological polar surface area (TPSA) is 67.8 Å². The summed E-state index contributed by atoms with van der Waals surface area (Å²) >= 11 is 0. The molecule has 0 aliphatic rings. The van der Waals surface area contributed by atoms with Crippen LogP contribution < -0.4 is 10.1 Å². The van der Waals surface area contributed by atoms with Crippen molar-refractivity contribution in [3.63, 3.8) is 0 Å². The van der Waals surface area contributed by atoms with Crippen LogP contribution in [-0.4, -0.2) is 44.5 Å². The van der Waals surface area contributed by atoms with Crippen molar-refractivity contribution in [3.05, 3.63) is 35.9 Å². The maximum atomic E-state index is 11.7. The fraction of sp³-hybridized carbons (Fsp3) is 0.400. The summed E-state index contributed by atoms with van der Waals surface area (Å²) in [5.74, 6) is 0.561. The van der Waals surface area contributed by atoms with Gasteiger partial charge in [-0.25, -0.2) is 0 Å². The molecule has 0 bridgehead atoms. The third kappa shape index (κ3) is 5.86. The van der Waals surface area contributed by atoms with Crippen LogP contribution in [0, 0.1) is 0 Å². The summed E-state index contributed by atoms with van der Waals surface area (Å²) in [5, 5.41) is 11.7. The monoisotopic (exact) mass is 279 g/mol. The van der Waals surface area contributed by atoms with Gasteiger partial charge < -0.3 is 19.9 Å². The van der Waals surface area contributed by atoms with Gasteiger partial charge in [-0.3, -0.25) is 4.79 Å². The molecule has 0 spiro atoms. The lowest BCUT2D eigenvalue weighted by Crippen LogP contribution is -2.37. The third-order valence-corrected chi connectivity index (χ3v) is 2.73. The molecule has 0 aliphatic heterocycles. The zero-order valence-corrected chi connectivity index (χ0v) is 11.8. The molecule has 5 nitrogen and oxygen atoms in total. The van der Waals surface area contributed by atoms with Crippen LogP contribution in [0.3, 0.4) is 0 Å². The number of methoxy groups -OCH3 is 2. The van der Waals surface area contributed by atoms with Crippen molar-refractivity contribution in [2.24, 2.45) is 0 Å². The lowest BCUT2D eigenvalue weighted by atomic mass is 10.2. The van der Waals surface area contributed by atoms with Crippen LogP contribution in [0.4, 0.5) is 0 Å². The molecule has 0 saturated heterocycles. The van der Waals surface area contributed by atoms with E-state index in [0.717, 1.165) is 11.3 Å². The van der Waals surface area contributed by atoms with Crippen LogP contribution in [0.2, 0.25) is 0 Å². The number of hydrogen-bond acceptors (Lipinski definition) is 4. The average Bonchev–Trinajstić information content (AvgIpc) is 2.46. The fourth-order valence-electron chi connectivity index (χ4n) is 1.69. The molecule has 0 aliphatic carbocycles. The zero-order valence-electron chi connectivity index (χ0n) is 11.8. The second-order valence-electron chi connectivity index (χ2n) is 4.28. The first-order chi connectivity index (χ1) is 9.69. The van der Waals surface area contributed by atoms with E-state index in [2.05, 4.69) is 5.32 Å². The molecule has 5 heteroatoms.